The van der Waals surface area contributed by atoms with Crippen molar-refractivity contribution in [3.8, 4) is 5.75 Å². The Morgan fingerprint density at radius 2 is 2.11 bits per heavy atom. The van der Waals surface area contributed by atoms with E-state index in [0.29, 0.717) is 15.8 Å². The Balaban J connectivity index is 2.04. The van der Waals surface area contributed by atoms with E-state index >= 15 is 0 Å². The van der Waals surface area contributed by atoms with E-state index in [1.165, 1.54) is 18.2 Å². The molecule has 0 aliphatic rings. The molecule has 0 saturated heterocycles. The molecule has 1 aromatic heterocycles. The number of ether oxygens (including phenoxy) is 1. The Labute approximate surface area is 123 Å². The van der Waals surface area contributed by atoms with E-state index in [1.807, 2.05) is 19.9 Å². The van der Waals surface area contributed by atoms with E-state index in [0.717, 1.165) is 9.75 Å². The van der Waals surface area contributed by atoms with Crippen LogP contribution in [0.2, 0.25) is 0 Å². The minimum Gasteiger partial charge on any atom is -0.485 e. The smallest absolute Gasteiger partial charge is 0.201 e. The number of aryl methyl sites for hydroxylation is 2. The summed E-state index contributed by atoms with van der Waals surface area (Å²) >= 11 is 4.66. The minimum atomic E-state index is -0.358. The third-order valence-electron chi connectivity index (χ3n) is 2.60. The Kier molecular flexibility index (Phi) is 4.37. The van der Waals surface area contributed by atoms with Crippen LogP contribution in [-0.2, 0) is 0 Å². The molecule has 5 heteroatoms. The molecule has 2 aromatic rings. The largest absolute Gasteiger partial charge is 0.485 e. The Morgan fingerprint density at radius 1 is 1.37 bits per heavy atom. The standard InChI is InChI=1S/C14H12BrFO2S/c1-8-5-11(9(2)19-8)14(17)7-18-10-3-4-13(16)12(15)6-10/h3-6H,7H2,1-2H3. The van der Waals surface area contributed by atoms with Gasteiger partial charge in [0.25, 0.3) is 0 Å². The lowest BCUT2D eigenvalue weighted by atomic mass is 10.2. The highest BCUT2D eigenvalue weighted by atomic mass is 79.9. The van der Waals surface area contributed by atoms with Gasteiger partial charge in [-0.05, 0) is 54.0 Å². The fourth-order valence-corrected chi connectivity index (χ4v) is 3.00. The van der Waals surface area contributed by atoms with Gasteiger partial charge < -0.3 is 4.74 Å². The summed E-state index contributed by atoms with van der Waals surface area (Å²) in [5, 5.41) is 0. The Bertz CT molecular complexity index is 622. The van der Waals surface area contributed by atoms with Crippen molar-refractivity contribution in [2.75, 3.05) is 6.61 Å². The van der Waals surface area contributed by atoms with Gasteiger partial charge in [-0.25, -0.2) is 4.39 Å². The summed E-state index contributed by atoms with van der Waals surface area (Å²) in [6.07, 6.45) is 0. The summed E-state index contributed by atoms with van der Waals surface area (Å²) in [5.74, 6) is 0.0384. The molecule has 1 heterocycles. The molecule has 0 aliphatic heterocycles. The number of halogens is 2. The maximum absolute atomic E-state index is 13.1. The van der Waals surface area contributed by atoms with Crippen LogP contribution in [0.1, 0.15) is 20.1 Å². The van der Waals surface area contributed by atoms with E-state index < -0.39 is 0 Å². The van der Waals surface area contributed by atoms with Crippen molar-refractivity contribution in [2.24, 2.45) is 0 Å². The molecule has 19 heavy (non-hydrogen) atoms. The van der Waals surface area contributed by atoms with Gasteiger partial charge in [0.05, 0.1) is 4.47 Å². The molecule has 0 aliphatic carbocycles. The summed E-state index contributed by atoms with van der Waals surface area (Å²) in [6, 6.07) is 6.17. The second kappa shape index (κ2) is 5.84. The molecule has 0 amide bonds. The quantitative estimate of drug-likeness (QED) is 0.763. The van der Waals surface area contributed by atoms with Gasteiger partial charge in [0.1, 0.15) is 11.6 Å². The molecule has 0 N–H and O–H groups in total. The van der Waals surface area contributed by atoms with E-state index in [4.69, 9.17) is 4.74 Å². The van der Waals surface area contributed by atoms with Crippen molar-refractivity contribution in [3.05, 3.63) is 49.9 Å². The van der Waals surface area contributed by atoms with E-state index in [-0.39, 0.29) is 18.2 Å². The van der Waals surface area contributed by atoms with E-state index in [9.17, 15) is 9.18 Å². The zero-order valence-electron chi connectivity index (χ0n) is 10.5. The van der Waals surface area contributed by atoms with E-state index in [2.05, 4.69) is 15.9 Å². The zero-order chi connectivity index (χ0) is 14.0. The predicted molar refractivity (Wildman–Crippen MR) is 77.7 cm³/mol. The SMILES string of the molecule is Cc1cc(C(=O)COc2ccc(F)c(Br)c2)c(C)s1. The number of thiophene rings is 1. The summed E-state index contributed by atoms with van der Waals surface area (Å²) in [5.41, 5.74) is 0.698. The number of rotatable bonds is 4. The van der Waals surface area contributed by atoms with Gasteiger partial charge in [0, 0.05) is 15.3 Å². The van der Waals surface area contributed by atoms with Gasteiger partial charge >= 0.3 is 0 Å². The van der Waals surface area contributed by atoms with Gasteiger partial charge in [-0.3, -0.25) is 4.79 Å². The first-order valence-corrected chi connectivity index (χ1v) is 7.26. The van der Waals surface area contributed by atoms with Gasteiger partial charge in [0.2, 0.25) is 5.78 Å². The predicted octanol–water partition coefficient (Wildman–Crippen LogP) is 4.53. The molecule has 0 radical (unpaired) electrons. The van der Waals surface area contributed by atoms with Crippen LogP contribution in [0, 0.1) is 19.7 Å². The average Bonchev–Trinajstić information content (AvgIpc) is 2.70. The molecule has 2 nitrogen and oxygen atoms in total. The lowest BCUT2D eigenvalue weighted by Crippen LogP contribution is -2.11. The average molecular weight is 343 g/mol. The minimum absolute atomic E-state index is 0.0465. The normalized spacial score (nSPS) is 10.5. The number of hydrogen-bond acceptors (Lipinski definition) is 3. The highest BCUT2D eigenvalue weighted by Crippen LogP contribution is 2.23. The molecule has 0 saturated carbocycles. The van der Waals surface area contributed by atoms with Gasteiger partial charge in [-0.1, -0.05) is 0 Å². The third kappa shape index (κ3) is 3.42. The zero-order valence-corrected chi connectivity index (χ0v) is 12.9. The molecule has 0 fully saturated rings. The molecule has 100 valence electrons. The number of ketones is 1. The fourth-order valence-electron chi connectivity index (χ4n) is 1.70. The summed E-state index contributed by atoms with van der Waals surface area (Å²) < 4.78 is 18.8. The van der Waals surface area contributed by atoms with Crippen molar-refractivity contribution in [3.63, 3.8) is 0 Å². The lowest BCUT2D eigenvalue weighted by Gasteiger charge is -2.06. The van der Waals surface area contributed by atoms with Crippen LogP contribution in [-0.4, -0.2) is 12.4 Å². The first kappa shape index (κ1) is 14.2. The third-order valence-corrected chi connectivity index (χ3v) is 4.18. The van der Waals surface area contributed by atoms with Gasteiger partial charge in [0.15, 0.2) is 6.61 Å². The monoisotopic (exact) mass is 342 g/mol. The van der Waals surface area contributed by atoms with Crippen LogP contribution in [0.4, 0.5) is 4.39 Å². The van der Waals surface area contributed by atoms with Crippen LogP contribution in [0.5, 0.6) is 5.75 Å². The van der Waals surface area contributed by atoms with Gasteiger partial charge in [-0.15, -0.1) is 11.3 Å². The Morgan fingerprint density at radius 3 is 2.68 bits per heavy atom. The highest BCUT2D eigenvalue weighted by molar-refractivity contribution is 9.10. The van der Waals surface area contributed by atoms with Crippen molar-refractivity contribution in [1.29, 1.82) is 0 Å². The highest BCUT2D eigenvalue weighted by Gasteiger charge is 2.13. The van der Waals surface area contributed by atoms with Crippen LogP contribution in [0.15, 0.2) is 28.7 Å². The van der Waals surface area contributed by atoms with Gasteiger partial charge in [-0.2, -0.15) is 0 Å². The summed E-state index contributed by atoms with van der Waals surface area (Å²) in [6.45, 7) is 3.83. The summed E-state index contributed by atoms with van der Waals surface area (Å²) in [4.78, 5) is 14.1. The second-order valence-corrected chi connectivity index (χ2v) is 6.43. The lowest BCUT2D eigenvalue weighted by molar-refractivity contribution is 0.0921. The van der Waals surface area contributed by atoms with Crippen molar-refractivity contribution < 1.29 is 13.9 Å². The Hall–Kier alpha value is -1.20. The topological polar surface area (TPSA) is 26.3 Å². The van der Waals surface area contributed by atoms with Crippen molar-refractivity contribution in [1.82, 2.24) is 0 Å². The van der Waals surface area contributed by atoms with E-state index in [1.54, 1.807) is 11.3 Å². The molecular weight excluding hydrogens is 331 g/mol. The van der Waals surface area contributed by atoms with Crippen LogP contribution in [0.3, 0.4) is 0 Å². The molecule has 0 unspecified atom stereocenters. The fraction of sp³-hybridized carbons (Fsp3) is 0.214. The number of Topliss-reactive ketones (excluding diaryl/α,β-unsaturated/α-hetero) is 1. The number of carbonyl (C=O) groups excluding carboxylic acids is 1. The maximum atomic E-state index is 13.1. The molecule has 0 bridgehead atoms. The number of benzene rings is 1. The van der Waals surface area contributed by atoms with Crippen LogP contribution in [0.25, 0.3) is 0 Å². The summed E-state index contributed by atoms with van der Waals surface area (Å²) in [7, 11) is 0. The molecular formula is C14H12BrFO2S. The second-order valence-electron chi connectivity index (χ2n) is 4.11. The van der Waals surface area contributed by atoms with Crippen molar-refractivity contribution in [2.45, 2.75) is 13.8 Å². The maximum Gasteiger partial charge on any atom is 0.201 e. The molecule has 1 aromatic carbocycles. The van der Waals surface area contributed by atoms with Crippen LogP contribution < -0.4 is 4.74 Å². The first-order valence-electron chi connectivity index (χ1n) is 5.65. The number of hydrogen-bond donors (Lipinski definition) is 0. The van der Waals surface area contributed by atoms with Crippen LogP contribution >= 0.6 is 27.3 Å². The molecule has 0 atom stereocenters. The molecule has 0 spiro atoms. The van der Waals surface area contributed by atoms with Crippen molar-refractivity contribution >= 4 is 33.0 Å². The molecule has 2 rings (SSSR count). The first-order chi connectivity index (χ1) is 8.97. The number of carbonyl (C=O) groups is 1.